The fourth-order valence-electron chi connectivity index (χ4n) is 1.64. The van der Waals surface area contributed by atoms with Crippen molar-refractivity contribution in [2.45, 2.75) is 26.4 Å². The Balaban J connectivity index is 1.96. The van der Waals surface area contributed by atoms with Crippen LogP contribution in [-0.2, 0) is 6.54 Å². The highest BCUT2D eigenvalue weighted by Gasteiger charge is 1.99. The molecule has 0 radical (unpaired) electrons. The molecule has 0 aliphatic heterocycles. The summed E-state index contributed by atoms with van der Waals surface area (Å²) in [6.45, 7) is 5.08. The van der Waals surface area contributed by atoms with E-state index < -0.39 is 0 Å². The largest absolute Gasteiger partial charge is 0.457 e. The third-order valence-corrected chi connectivity index (χ3v) is 2.69. The zero-order chi connectivity index (χ0) is 13.7. The van der Waals surface area contributed by atoms with E-state index in [1.165, 1.54) is 17.7 Å². The highest BCUT2D eigenvalue weighted by molar-refractivity contribution is 5.33. The third-order valence-electron chi connectivity index (χ3n) is 2.69. The van der Waals surface area contributed by atoms with Gasteiger partial charge in [-0.2, -0.15) is 0 Å². The van der Waals surface area contributed by atoms with Crippen LogP contribution in [0.4, 0.5) is 4.39 Å². The summed E-state index contributed by atoms with van der Waals surface area (Å²) in [7, 11) is 0. The molecule has 3 heteroatoms. The van der Waals surface area contributed by atoms with Crippen molar-refractivity contribution in [3.63, 3.8) is 0 Å². The predicted molar refractivity (Wildman–Crippen MR) is 74.9 cm³/mol. The average molecular weight is 259 g/mol. The lowest BCUT2D eigenvalue weighted by Crippen LogP contribution is -2.21. The second-order valence-corrected chi connectivity index (χ2v) is 4.74. The van der Waals surface area contributed by atoms with Crippen LogP contribution in [0.2, 0.25) is 0 Å². The van der Waals surface area contributed by atoms with Crippen molar-refractivity contribution >= 4 is 0 Å². The van der Waals surface area contributed by atoms with Crippen LogP contribution in [-0.4, -0.2) is 6.04 Å². The van der Waals surface area contributed by atoms with Gasteiger partial charge in [0, 0.05) is 12.6 Å². The number of nitrogens with one attached hydrogen (secondary N) is 1. The van der Waals surface area contributed by atoms with E-state index in [0.29, 0.717) is 11.8 Å². The van der Waals surface area contributed by atoms with Crippen LogP contribution in [0.25, 0.3) is 0 Å². The van der Waals surface area contributed by atoms with Crippen molar-refractivity contribution in [1.29, 1.82) is 0 Å². The molecule has 2 aromatic rings. The predicted octanol–water partition coefficient (Wildman–Crippen LogP) is 4.12. The van der Waals surface area contributed by atoms with Crippen LogP contribution in [0, 0.1) is 5.82 Å². The minimum Gasteiger partial charge on any atom is -0.457 e. The molecule has 19 heavy (non-hydrogen) atoms. The van der Waals surface area contributed by atoms with Gasteiger partial charge < -0.3 is 10.1 Å². The number of hydrogen-bond acceptors (Lipinski definition) is 2. The van der Waals surface area contributed by atoms with Gasteiger partial charge >= 0.3 is 0 Å². The Hall–Kier alpha value is -1.87. The summed E-state index contributed by atoms with van der Waals surface area (Å²) < 4.78 is 18.4. The van der Waals surface area contributed by atoms with E-state index >= 15 is 0 Å². The summed E-state index contributed by atoms with van der Waals surface area (Å²) in [6.07, 6.45) is 0. The van der Waals surface area contributed by atoms with Gasteiger partial charge in [-0.15, -0.1) is 0 Å². The first-order valence-electron chi connectivity index (χ1n) is 6.39. The Bertz CT molecular complexity index is 505. The maximum atomic E-state index is 12.8. The number of ether oxygens (including phenoxy) is 1. The van der Waals surface area contributed by atoms with E-state index in [0.717, 1.165) is 12.3 Å². The fourth-order valence-corrected chi connectivity index (χ4v) is 1.64. The standard InChI is InChI=1S/C16H18FNO/c1-12(2)18-11-13-3-7-15(8-4-13)19-16-9-5-14(17)6-10-16/h3-10,12,18H,11H2,1-2H3. The van der Waals surface area contributed by atoms with Gasteiger partial charge in [0.2, 0.25) is 0 Å². The molecule has 0 amide bonds. The third kappa shape index (κ3) is 4.38. The topological polar surface area (TPSA) is 21.3 Å². The van der Waals surface area contributed by atoms with Crippen LogP contribution >= 0.6 is 0 Å². The second kappa shape index (κ2) is 6.34. The molecule has 1 N–H and O–H groups in total. The molecule has 2 rings (SSSR count). The molecule has 2 nitrogen and oxygen atoms in total. The number of halogens is 1. The molecule has 0 bridgehead atoms. The highest BCUT2D eigenvalue weighted by Crippen LogP contribution is 2.21. The van der Waals surface area contributed by atoms with Crippen molar-refractivity contribution in [2.24, 2.45) is 0 Å². The van der Waals surface area contributed by atoms with Gasteiger partial charge in [-0.1, -0.05) is 26.0 Å². The van der Waals surface area contributed by atoms with Crippen LogP contribution in [0.1, 0.15) is 19.4 Å². The summed E-state index contributed by atoms with van der Waals surface area (Å²) in [4.78, 5) is 0. The molecule has 0 fully saturated rings. The molecule has 0 unspecified atom stereocenters. The Morgan fingerprint density at radius 1 is 0.947 bits per heavy atom. The van der Waals surface area contributed by atoms with Crippen molar-refractivity contribution in [2.75, 3.05) is 0 Å². The summed E-state index contributed by atoms with van der Waals surface area (Å²) >= 11 is 0. The van der Waals surface area contributed by atoms with E-state index in [1.54, 1.807) is 12.1 Å². The van der Waals surface area contributed by atoms with Gasteiger partial charge in [0.1, 0.15) is 17.3 Å². The second-order valence-electron chi connectivity index (χ2n) is 4.74. The lowest BCUT2D eigenvalue weighted by atomic mass is 10.2. The van der Waals surface area contributed by atoms with E-state index in [-0.39, 0.29) is 5.82 Å². The summed E-state index contributed by atoms with van der Waals surface area (Å²) in [5.41, 5.74) is 1.21. The van der Waals surface area contributed by atoms with Crippen LogP contribution in [0.15, 0.2) is 48.5 Å². The van der Waals surface area contributed by atoms with Crippen LogP contribution < -0.4 is 10.1 Å². The molecule has 0 aromatic heterocycles. The number of hydrogen-bond donors (Lipinski definition) is 1. The highest BCUT2D eigenvalue weighted by atomic mass is 19.1. The quantitative estimate of drug-likeness (QED) is 0.872. The van der Waals surface area contributed by atoms with Crippen molar-refractivity contribution in [3.05, 3.63) is 59.9 Å². The lowest BCUT2D eigenvalue weighted by molar-refractivity contribution is 0.480. The van der Waals surface area contributed by atoms with E-state index in [4.69, 9.17) is 4.74 Å². The zero-order valence-electron chi connectivity index (χ0n) is 11.2. The molecular weight excluding hydrogens is 241 g/mol. The minimum atomic E-state index is -0.262. The first-order chi connectivity index (χ1) is 9.13. The smallest absolute Gasteiger partial charge is 0.127 e. The summed E-state index contributed by atoms with van der Waals surface area (Å²) in [6, 6.07) is 14.3. The van der Waals surface area contributed by atoms with Gasteiger partial charge in [-0.25, -0.2) is 4.39 Å². The maximum Gasteiger partial charge on any atom is 0.127 e. The SMILES string of the molecule is CC(C)NCc1ccc(Oc2ccc(F)cc2)cc1. The molecule has 0 heterocycles. The molecule has 0 spiro atoms. The van der Waals surface area contributed by atoms with Gasteiger partial charge in [0.05, 0.1) is 0 Å². The Morgan fingerprint density at radius 2 is 1.47 bits per heavy atom. The van der Waals surface area contributed by atoms with E-state index in [9.17, 15) is 4.39 Å². The molecule has 100 valence electrons. The summed E-state index contributed by atoms with van der Waals surface area (Å²) in [5, 5.41) is 3.35. The van der Waals surface area contributed by atoms with Crippen LogP contribution in [0.3, 0.4) is 0 Å². The zero-order valence-corrected chi connectivity index (χ0v) is 11.2. The summed E-state index contributed by atoms with van der Waals surface area (Å²) in [5.74, 6) is 1.12. The average Bonchev–Trinajstić information content (AvgIpc) is 2.40. The molecule has 0 aliphatic carbocycles. The maximum absolute atomic E-state index is 12.8. The van der Waals surface area contributed by atoms with Crippen molar-refractivity contribution in [1.82, 2.24) is 5.32 Å². The molecule has 0 atom stereocenters. The van der Waals surface area contributed by atoms with E-state index in [2.05, 4.69) is 19.2 Å². The Labute approximate surface area is 113 Å². The molecule has 0 saturated heterocycles. The fraction of sp³-hybridized carbons (Fsp3) is 0.250. The normalized spacial score (nSPS) is 10.7. The monoisotopic (exact) mass is 259 g/mol. The van der Waals surface area contributed by atoms with Crippen molar-refractivity contribution < 1.29 is 9.13 Å². The van der Waals surface area contributed by atoms with Crippen LogP contribution in [0.5, 0.6) is 11.5 Å². The Kier molecular flexibility index (Phi) is 4.53. The van der Waals surface area contributed by atoms with Gasteiger partial charge in [0.15, 0.2) is 0 Å². The molecule has 0 saturated carbocycles. The molecule has 2 aromatic carbocycles. The molecular formula is C16H18FNO. The molecule has 0 aliphatic rings. The first kappa shape index (κ1) is 13.6. The first-order valence-corrected chi connectivity index (χ1v) is 6.39. The number of rotatable bonds is 5. The van der Waals surface area contributed by atoms with E-state index in [1.807, 2.05) is 24.3 Å². The van der Waals surface area contributed by atoms with Gasteiger partial charge in [-0.3, -0.25) is 0 Å². The van der Waals surface area contributed by atoms with Gasteiger partial charge in [-0.05, 0) is 42.0 Å². The lowest BCUT2D eigenvalue weighted by Gasteiger charge is -2.09. The van der Waals surface area contributed by atoms with Gasteiger partial charge in [0.25, 0.3) is 0 Å². The number of benzene rings is 2. The van der Waals surface area contributed by atoms with Crippen molar-refractivity contribution in [3.8, 4) is 11.5 Å². The minimum absolute atomic E-state index is 0.262. The Morgan fingerprint density at radius 3 is 2.00 bits per heavy atom.